The van der Waals surface area contributed by atoms with Crippen LogP contribution in [0, 0.1) is 6.92 Å². The first-order valence-corrected chi connectivity index (χ1v) is 7.73. The largest absolute Gasteiger partial charge is 0.508 e. The van der Waals surface area contributed by atoms with Crippen LogP contribution in [0.4, 0.5) is 5.69 Å². The van der Waals surface area contributed by atoms with Crippen LogP contribution in [0.3, 0.4) is 0 Å². The summed E-state index contributed by atoms with van der Waals surface area (Å²) in [5, 5.41) is 11.8. The van der Waals surface area contributed by atoms with Crippen molar-refractivity contribution in [2.45, 2.75) is 13.3 Å². The molecule has 0 saturated carbocycles. The second-order valence-electron chi connectivity index (χ2n) is 5.02. The van der Waals surface area contributed by atoms with Gasteiger partial charge in [-0.25, -0.2) is 0 Å². The standard InChI is InChI=1S/C17H16BrNO4/c1-11-2-5-13(9-15(11)18)19-16(21)10-23-17(22)8-12-3-6-14(20)7-4-12/h2-7,9,20H,8,10H2,1H3,(H,19,21). The van der Waals surface area contributed by atoms with Gasteiger partial charge in [-0.05, 0) is 42.3 Å². The molecule has 0 spiro atoms. The van der Waals surface area contributed by atoms with Crippen molar-refractivity contribution in [2.24, 2.45) is 0 Å². The second-order valence-corrected chi connectivity index (χ2v) is 5.87. The van der Waals surface area contributed by atoms with Crippen LogP contribution in [0.2, 0.25) is 0 Å². The normalized spacial score (nSPS) is 10.2. The summed E-state index contributed by atoms with van der Waals surface area (Å²) in [6.45, 7) is 1.60. The number of aromatic hydroxyl groups is 1. The molecule has 23 heavy (non-hydrogen) atoms. The predicted molar refractivity (Wildman–Crippen MR) is 90.3 cm³/mol. The molecule has 2 N–H and O–H groups in total. The van der Waals surface area contributed by atoms with Crippen molar-refractivity contribution in [3.8, 4) is 5.75 Å². The lowest BCUT2D eigenvalue weighted by atomic mass is 10.1. The number of esters is 1. The molecule has 0 aliphatic rings. The van der Waals surface area contributed by atoms with E-state index < -0.39 is 11.9 Å². The molecule has 2 aromatic carbocycles. The number of amides is 1. The van der Waals surface area contributed by atoms with E-state index in [0.717, 1.165) is 10.0 Å². The van der Waals surface area contributed by atoms with Crippen LogP contribution in [0.25, 0.3) is 0 Å². The number of ether oxygens (including phenoxy) is 1. The molecule has 120 valence electrons. The molecule has 5 nitrogen and oxygen atoms in total. The highest BCUT2D eigenvalue weighted by molar-refractivity contribution is 9.10. The zero-order valence-electron chi connectivity index (χ0n) is 12.5. The summed E-state index contributed by atoms with van der Waals surface area (Å²) < 4.78 is 5.83. The Hall–Kier alpha value is -2.34. The molecule has 0 aliphatic carbocycles. The fourth-order valence-electron chi connectivity index (χ4n) is 1.85. The quantitative estimate of drug-likeness (QED) is 0.784. The van der Waals surface area contributed by atoms with Gasteiger partial charge in [0, 0.05) is 10.2 Å². The highest BCUT2D eigenvalue weighted by atomic mass is 79.9. The van der Waals surface area contributed by atoms with E-state index in [1.807, 2.05) is 13.0 Å². The maximum absolute atomic E-state index is 11.8. The molecular formula is C17H16BrNO4. The second kappa shape index (κ2) is 7.78. The van der Waals surface area contributed by atoms with Crippen molar-refractivity contribution in [1.82, 2.24) is 0 Å². The first-order chi connectivity index (χ1) is 10.9. The Balaban J connectivity index is 1.80. The number of phenolic OH excluding ortho intramolecular Hbond substituents is 1. The molecule has 6 heteroatoms. The molecule has 2 aromatic rings. The van der Waals surface area contributed by atoms with Gasteiger partial charge in [-0.1, -0.05) is 34.1 Å². The fraction of sp³-hybridized carbons (Fsp3) is 0.176. The molecule has 0 aliphatic heterocycles. The van der Waals surface area contributed by atoms with Gasteiger partial charge in [0.25, 0.3) is 5.91 Å². The fourth-order valence-corrected chi connectivity index (χ4v) is 2.22. The van der Waals surface area contributed by atoms with Gasteiger partial charge >= 0.3 is 5.97 Å². The zero-order chi connectivity index (χ0) is 16.8. The number of carbonyl (C=O) groups excluding carboxylic acids is 2. The minimum Gasteiger partial charge on any atom is -0.508 e. The summed E-state index contributed by atoms with van der Waals surface area (Å²) >= 11 is 3.39. The van der Waals surface area contributed by atoms with Crippen molar-refractivity contribution in [2.75, 3.05) is 11.9 Å². The van der Waals surface area contributed by atoms with E-state index in [-0.39, 0.29) is 18.8 Å². The molecule has 1 amide bonds. The molecule has 2 rings (SSSR count). The Morgan fingerprint density at radius 3 is 2.52 bits per heavy atom. The van der Waals surface area contributed by atoms with Crippen molar-refractivity contribution >= 4 is 33.5 Å². The molecule has 0 atom stereocenters. The highest BCUT2D eigenvalue weighted by Gasteiger charge is 2.09. The lowest BCUT2D eigenvalue weighted by Gasteiger charge is -2.08. The van der Waals surface area contributed by atoms with E-state index in [4.69, 9.17) is 4.74 Å². The van der Waals surface area contributed by atoms with Crippen molar-refractivity contribution < 1.29 is 19.4 Å². The van der Waals surface area contributed by atoms with Crippen LogP contribution in [0.15, 0.2) is 46.9 Å². The number of halogens is 1. The first kappa shape index (κ1) is 17.0. The average molecular weight is 378 g/mol. The van der Waals surface area contributed by atoms with Crippen molar-refractivity contribution in [1.29, 1.82) is 0 Å². The van der Waals surface area contributed by atoms with Gasteiger partial charge < -0.3 is 15.2 Å². The molecule has 0 bridgehead atoms. The molecule has 0 saturated heterocycles. The predicted octanol–water partition coefficient (Wildman–Crippen LogP) is 3.19. The summed E-state index contributed by atoms with van der Waals surface area (Å²) in [5.41, 5.74) is 2.39. The Bertz CT molecular complexity index is 713. The Morgan fingerprint density at radius 1 is 1.17 bits per heavy atom. The van der Waals surface area contributed by atoms with Crippen LogP contribution < -0.4 is 5.32 Å². The van der Waals surface area contributed by atoms with Crippen LogP contribution in [-0.2, 0) is 20.7 Å². The number of hydrogen-bond acceptors (Lipinski definition) is 4. The Labute approximate surface area is 142 Å². The third-order valence-electron chi connectivity index (χ3n) is 3.10. The first-order valence-electron chi connectivity index (χ1n) is 6.93. The number of carbonyl (C=O) groups is 2. The number of benzene rings is 2. The molecule has 0 unspecified atom stereocenters. The molecule has 0 fully saturated rings. The SMILES string of the molecule is Cc1ccc(NC(=O)COC(=O)Cc2ccc(O)cc2)cc1Br. The number of aryl methyl sites for hydroxylation is 1. The van der Waals surface area contributed by atoms with Gasteiger partial charge in [0.15, 0.2) is 6.61 Å². The summed E-state index contributed by atoms with van der Waals surface area (Å²) in [4.78, 5) is 23.5. The maximum atomic E-state index is 11.8. The molecule has 0 aromatic heterocycles. The van der Waals surface area contributed by atoms with E-state index >= 15 is 0 Å². The lowest BCUT2D eigenvalue weighted by Crippen LogP contribution is -2.21. The smallest absolute Gasteiger partial charge is 0.310 e. The van der Waals surface area contributed by atoms with Gasteiger partial charge in [0.2, 0.25) is 0 Å². The molecule has 0 heterocycles. The topological polar surface area (TPSA) is 75.6 Å². The average Bonchev–Trinajstić information content (AvgIpc) is 2.51. The summed E-state index contributed by atoms with van der Waals surface area (Å²) in [7, 11) is 0. The molecule has 0 radical (unpaired) electrons. The van der Waals surface area contributed by atoms with Gasteiger partial charge in [0.05, 0.1) is 6.42 Å². The van der Waals surface area contributed by atoms with E-state index in [9.17, 15) is 14.7 Å². The number of phenols is 1. The van der Waals surface area contributed by atoms with Gasteiger partial charge in [-0.15, -0.1) is 0 Å². The summed E-state index contributed by atoms with van der Waals surface area (Å²) in [6, 6.07) is 11.7. The lowest BCUT2D eigenvalue weighted by molar-refractivity contribution is -0.146. The molecular weight excluding hydrogens is 362 g/mol. The third kappa shape index (κ3) is 5.41. The van der Waals surface area contributed by atoms with Crippen LogP contribution in [-0.4, -0.2) is 23.6 Å². The van der Waals surface area contributed by atoms with E-state index in [2.05, 4.69) is 21.2 Å². The van der Waals surface area contributed by atoms with Gasteiger partial charge in [-0.3, -0.25) is 9.59 Å². The zero-order valence-corrected chi connectivity index (χ0v) is 14.1. The van der Waals surface area contributed by atoms with E-state index in [1.165, 1.54) is 12.1 Å². The third-order valence-corrected chi connectivity index (χ3v) is 3.96. The summed E-state index contributed by atoms with van der Waals surface area (Å²) in [6.07, 6.45) is 0.0453. The minimum atomic E-state index is -0.504. The number of hydrogen-bond donors (Lipinski definition) is 2. The van der Waals surface area contributed by atoms with Crippen LogP contribution >= 0.6 is 15.9 Å². The number of rotatable bonds is 5. The van der Waals surface area contributed by atoms with Gasteiger partial charge in [0.1, 0.15) is 5.75 Å². The van der Waals surface area contributed by atoms with Crippen molar-refractivity contribution in [3.05, 3.63) is 58.1 Å². The number of nitrogens with one attached hydrogen (secondary N) is 1. The van der Waals surface area contributed by atoms with Crippen LogP contribution in [0.1, 0.15) is 11.1 Å². The number of anilines is 1. The Morgan fingerprint density at radius 2 is 1.87 bits per heavy atom. The van der Waals surface area contributed by atoms with E-state index in [1.54, 1.807) is 24.3 Å². The Kier molecular flexibility index (Phi) is 5.76. The van der Waals surface area contributed by atoms with Crippen LogP contribution in [0.5, 0.6) is 5.75 Å². The monoisotopic (exact) mass is 377 g/mol. The summed E-state index contributed by atoms with van der Waals surface area (Å²) in [5.74, 6) is -0.776. The van der Waals surface area contributed by atoms with Gasteiger partial charge in [-0.2, -0.15) is 0 Å². The highest BCUT2D eigenvalue weighted by Crippen LogP contribution is 2.20. The maximum Gasteiger partial charge on any atom is 0.310 e. The minimum absolute atomic E-state index is 0.0453. The van der Waals surface area contributed by atoms with Crippen molar-refractivity contribution in [3.63, 3.8) is 0 Å². The van der Waals surface area contributed by atoms with E-state index in [0.29, 0.717) is 11.3 Å².